The number of aliphatic hydroxyl groups is 1. The number of likely N-dealkylation sites (N-methyl/N-ethyl adjacent to an activating group) is 1. The first kappa shape index (κ1) is 13.0. The predicted molar refractivity (Wildman–Crippen MR) is 55.9 cm³/mol. The van der Waals surface area contributed by atoms with Crippen molar-refractivity contribution in [3.05, 3.63) is 23.8 Å². The van der Waals surface area contributed by atoms with E-state index in [2.05, 4.69) is 5.32 Å². The van der Waals surface area contributed by atoms with Crippen LogP contribution in [0, 0.1) is 0 Å². The van der Waals surface area contributed by atoms with Crippen molar-refractivity contribution in [1.82, 2.24) is 5.32 Å². The number of rotatable bonds is 3. The van der Waals surface area contributed by atoms with E-state index in [1.165, 1.54) is 12.1 Å². The number of benzene rings is 1. The van der Waals surface area contributed by atoms with Gasteiger partial charge in [0.05, 0.1) is 6.10 Å². The maximum absolute atomic E-state index is 9.48. The monoisotopic (exact) mass is 219 g/mol. The number of aliphatic hydroxyl groups excluding tert-OH is 1. The van der Waals surface area contributed by atoms with E-state index in [9.17, 15) is 5.11 Å². The third-order valence-electron chi connectivity index (χ3n) is 1.78. The van der Waals surface area contributed by atoms with E-state index >= 15 is 0 Å². The number of hydrogen-bond acceptors (Lipinski definition) is 4. The Balaban J connectivity index is 0.00000169. The highest BCUT2D eigenvalue weighted by atomic mass is 35.5. The van der Waals surface area contributed by atoms with Gasteiger partial charge in [-0.3, -0.25) is 0 Å². The number of phenols is 2. The van der Waals surface area contributed by atoms with Crippen LogP contribution in [-0.4, -0.2) is 28.9 Å². The molecule has 4 nitrogen and oxygen atoms in total. The molecule has 1 atom stereocenters. The second kappa shape index (κ2) is 5.70. The van der Waals surface area contributed by atoms with Gasteiger partial charge >= 0.3 is 0 Å². The molecule has 80 valence electrons. The molecule has 0 unspecified atom stereocenters. The van der Waals surface area contributed by atoms with E-state index in [1.807, 2.05) is 0 Å². The molecule has 0 saturated carbocycles. The Kier molecular flexibility index (Phi) is 5.30. The molecule has 0 heterocycles. The van der Waals surface area contributed by atoms with Crippen molar-refractivity contribution in [2.75, 3.05) is 13.6 Å². The summed E-state index contributed by atoms with van der Waals surface area (Å²) < 4.78 is 0. The van der Waals surface area contributed by atoms with Crippen LogP contribution in [0.1, 0.15) is 11.7 Å². The number of halogens is 1. The summed E-state index contributed by atoms with van der Waals surface area (Å²) in [5, 5.41) is 30.4. The molecule has 4 N–H and O–H groups in total. The van der Waals surface area contributed by atoms with E-state index in [4.69, 9.17) is 10.2 Å². The highest BCUT2D eigenvalue weighted by Crippen LogP contribution is 2.27. The average molecular weight is 220 g/mol. The summed E-state index contributed by atoms with van der Waals surface area (Å²) in [5.41, 5.74) is 0.574. The van der Waals surface area contributed by atoms with Crippen LogP contribution in [0.25, 0.3) is 0 Å². The van der Waals surface area contributed by atoms with Gasteiger partial charge in [-0.05, 0) is 24.7 Å². The van der Waals surface area contributed by atoms with Gasteiger partial charge < -0.3 is 20.6 Å². The molecule has 0 amide bonds. The zero-order chi connectivity index (χ0) is 9.84. The fraction of sp³-hybridized carbons (Fsp3) is 0.333. The van der Waals surface area contributed by atoms with Crippen LogP contribution in [-0.2, 0) is 0 Å². The lowest BCUT2D eigenvalue weighted by molar-refractivity contribution is 0.177. The minimum atomic E-state index is -0.670. The van der Waals surface area contributed by atoms with Gasteiger partial charge in [-0.2, -0.15) is 0 Å². The number of nitrogens with one attached hydrogen (secondary N) is 1. The van der Waals surface area contributed by atoms with Crippen molar-refractivity contribution >= 4 is 12.4 Å². The van der Waals surface area contributed by atoms with Gasteiger partial charge in [-0.1, -0.05) is 6.07 Å². The Morgan fingerprint density at radius 1 is 1.29 bits per heavy atom. The first-order chi connectivity index (χ1) is 6.15. The molecule has 1 rings (SSSR count). The average Bonchev–Trinajstić information content (AvgIpc) is 2.10. The summed E-state index contributed by atoms with van der Waals surface area (Å²) in [6, 6.07) is 4.26. The van der Waals surface area contributed by atoms with Gasteiger partial charge in [0.1, 0.15) is 0 Å². The second-order valence-electron chi connectivity index (χ2n) is 2.82. The van der Waals surface area contributed by atoms with Crippen LogP contribution in [0.15, 0.2) is 18.2 Å². The van der Waals surface area contributed by atoms with Crippen molar-refractivity contribution in [2.24, 2.45) is 0 Å². The summed E-state index contributed by atoms with van der Waals surface area (Å²) >= 11 is 0. The standard InChI is InChI=1S/C9H13NO3.ClH/c1-10-5-9(13)6-2-3-7(11)8(12)4-6;/h2-4,9-13H,5H2,1H3;1H/t9-;/m1./s1. The Bertz CT molecular complexity index is 293. The SMILES string of the molecule is CNC[C@@H](O)c1ccc(O)c(O)c1.Cl. The van der Waals surface area contributed by atoms with E-state index in [0.29, 0.717) is 12.1 Å². The second-order valence-corrected chi connectivity index (χ2v) is 2.82. The van der Waals surface area contributed by atoms with Crippen LogP contribution in [0.3, 0.4) is 0 Å². The zero-order valence-electron chi connectivity index (χ0n) is 7.77. The van der Waals surface area contributed by atoms with Crippen LogP contribution in [0.4, 0.5) is 0 Å². The van der Waals surface area contributed by atoms with Crippen molar-refractivity contribution in [3.63, 3.8) is 0 Å². The molecule has 0 aromatic heterocycles. The van der Waals surface area contributed by atoms with Crippen molar-refractivity contribution in [2.45, 2.75) is 6.10 Å². The maximum atomic E-state index is 9.48. The van der Waals surface area contributed by atoms with Crippen LogP contribution >= 0.6 is 12.4 Å². The minimum absolute atomic E-state index is 0. The number of hydrogen-bond donors (Lipinski definition) is 4. The fourth-order valence-electron chi connectivity index (χ4n) is 1.06. The Morgan fingerprint density at radius 2 is 1.93 bits per heavy atom. The van der Waals surface area contributed by atoms with Crippen molar-refractivity contribution in [3.8, 4) is 11.5 Å². The molecule has 14 heavy (non-hydrogen) atoms. The topological polar surface area (TPSA) is 72.7 Å². The van der Waals surface area contributed by atoms with E-state index < -0.39 is 6.10 Å². The van der Waals surface area contributed by atoms with Gasteiger partial charge in [0.25, 0.3) is 0 Å². The Labute approximate surface area is 88.6 Å². The summed E-state index contributed by atoms with van der Waals surface area (Å²) in [6.45, 7) is 0.407. The molecule has 1 aromatic rings. The van der Waals surface area contributed by atoms with Crippen LogP contribution in [0.5, 0.6) is 11.5 Å². The molecule has 0 radical (unpaired) electrons. The lowest BCUT2D eigenvalue weighted by Crippen LogP contribution is -2.16. The summed E-state index contributed by atoms with van der Waals surface area (Å²) in [5.74, 6) is -0.395. The van der Waals surface area contributed by atoms with Crippen LogP contribution in [0.2, 0.25) is 0 Å². The highest BCUT2D eigenvalue weighted by molar-refractivity contribution is 5.85. The summed E-state index contributed by atoms with van der Waals surface area (Å²) in [6.07, 6.45) is -0.670. The maximum Gasteiger partial charge on any atom is 0.157 e. The molecule has 0 bridgehead atoms. The molecule has 5 heteroatoms. The summed E-state index contributed by atoms with van der Waals surface area (Å²) in [7, 11) is 1.73. The molecule has 0 aliphatic heterocycles. The lowest BCUT2D eigenvalue weighted by atomic mass is 10.1. The van der Waals surface area contributed by atoms with Crippen molar-refractivity contribution in [1.29, 1.82) is 0 Å². The number of aromatic hydroxyl groups is 2. The van der Waals surface area contributed by atoms with Crippen LogP contribution < -0.4 is 5.32 Å². The number of phenolic OH excluding ortho intramolecular Hbond substituents is 2. The molecule has 0 aliphatic rings. The molecular weight excluding hydrogens is 206 g/mol. The Hall–Kier alpha value is -0.970. The molecule has 0 fully saturated rings. The molecule has 0 spiro atoms. The third-order valence-corrected chi connectivity index (χ3v) is 1.78. The van der Waals surface area contributed by atoms with E-state index in [-0.39, 0.29) is 23.9 Å². The minimum Gasteiger partial charge on any atom is -0.504 e. The van der Waals surface area contributed by atoms with Gasteiger partial charge in [-0.25, -0.2) is 0 Å². The largest absolute Gasteiger partial charge is 0.504 e. The van der Waals surface area contributed by atoms with Gasteiger partial charge in [0.15, 0.2) is 11.5 Å². The third kappa shape index (κ3) is 3.06. The zero-order valence-corrected chi connectivity index (χ0v) is 8.58. The van der Waals surface area contributed by atoms with Gasteiger partial charge in [-0.15, -0.1) is 12.4 Å². The predicted octanol–water partition coefficient (Wildman–Crippen LogP) is 0.772. The molecule has 0 aliphatic carbocycles. The Morgan fingerprint density at radius 3 is 2.43 bits per heavy atom. The van der Waals surface area contributed by atoms with Crippen molar-refractivity contribution < 1.29 is 15.3 Å². The van der Waals surface area contributed by atoms with Gasteiger partial charge in [0, 0.05) is 6.54 Å². The molecular formula is C9H14ClNO3. The quantitative estimate of drug-likeness (QED) is 0.567. The molecule has 1 aromatic carbocycles. The fourth-order valence-corrected chi connectivity index (χ4v) is 1.06. The van der Waals surface area contributed by atoms with Gasteiger partial charge in [0.2, 0.25) is 0 Å². The lowest BCUT2D eigenvalue weighted by Gasteiger charge is -2.10. The summed E-state index contributed by atoms with van der Waals surface area (Å²) in [4.78, 5) is 0. The van der Waals surface area contributed by atoms with E-state index in [0.717, 1.165) is 0 Å². The molecule has 0 saturated heterocycles. The normalized spacial score (nSPS) is 11.9. The highest BCUT2D eigenvalue weighted by Gasteiger charge is 2.08. The first-order valence-electron chi connectivity index (χ1n) is 3.99. The van der Waals surface area contributed by atoms with E-state index in [1.54, 1.807) is 13.1 Å². The smallest absolute Gasteiger partial charge is 0.157 e. The first-order valence-corrected chi connectivity index (χ1v) is 3.99.